The van der Waals surface area contributed by atoms with Crippen LogP contribution in [0.3, 0.4) is 0 Å². The Labute approximate surface area is 82.5 Å². The van der Waals surface area contributed by atoms with E-state index in [0.29, 0.717) is 0 Å². The number of thiophene rings is 1. The second kappa shape index (κ2) is 2.71. The zero-order valence-corrected chi connectivity index (χ0v) is 8.87. The molecular formula is C8H7BrN2S. The number of nitrogens with zero attached hydrogens (tertiary/aromatic N) is 1. The SMILES string of the molecule is Cc1nc(Br)c(N)c2sccc12. The van der Waals surface area contributed by atoms with Gasteiger partial charge in [0.15, 0.2) is 0 Å². The first-order valence-electron chi connectivity index (χ1n) is 3.49. The lowest BCUT2D eigenvalue weighted by Crippen LogP contribution is -1.91. The topological polar surface area (TPSA) is 38.9 Å². The van der Waals surface area contributed by atoms with Crippen molar-refractivity contribution in [3.63, 3.8) is 0 Å². The molecule has 2 rings (SSSR count). The third-order valence-electron chi connectivity index (χ3n) is 1.79. The fourth-order valence-corrected chi connectivity index (χ4v) is 2.67. The summed E-state index contributed by atoms with van der Waals surface area (Å²) in [7, 11) is 0. The highest BCUT2D eigenvalue weighted by molar-refractivity contribution is 9.10. The van der Waals surface area contributed by atoms with Gasteiger partial charge in [-0.25, -0.2) is 4.98 Å². The maximum Gasteiger partial charge on any atom is 0.130 e. The Morgan fingerprint density at radius 1 is 1.58 bits per heavy atom. The number of fused-ring (bicyclic) bond motifs is 1. The van der Waals surface area contributed by atoms with E-state index in [4.69, 9.17) is 5.73 Å². The number of rotatable bonds is 0. The molecule has 12 heavy (non-hydrogen) atoms. The van der Waals surface area contributed by atoms with Gasteiger partial charge in [0.05, 0.1) is 10.4 Å². The molecule has 0 atom stereocenters. The number of pyridine rings is 1. The van der Waals surface area contributed by atoms with Crippen molar-refractivity contribution in [2.45, 2.75) is 6.92 Å². The molecule has 2 nitrogen and oxygen atoms in total. The molecule has 0 fully saturated rings. The molecule has 0 radical (unpaired) electrons. The largest absolute Gasteiger partial charge is 0.395 e. The minimum Gasteiger partial charge on any atom is -0.395 e. The zero-order valence-electron chi connectivity index (χ0n) is 6.47. The highest BCUT2D eigenvalue weighted by atomic mass is 79.9. The maximum atomic E-state index is 5.83. The van der Waals surface area contributed by atoms with E-state index in [9.17, 15) is 0 Å². The zero-order chi connectivity index (χ0) is 8.72. The van der Waals surface area contributed by atoms with Crippen LogP contribution in [-0.4, -0.2) is 4.98 Å². The van der Waals surface area contributed by atoms with Gasteiger partial charge in [-0.15, -0.1) is 11.3 Å². The van der Waals surface area contributed by atoms with E-state index < -0.39 is 0 Å². The molecule has 0 spiro atoms. The van der Waals surface area contributed by atoms with E-state index in [2.05, 4.69) is 20.9 Å². The van der Waals surface area contributed by atoms with Gasteiger partial charge in [0, 0.05) is 11.1 Å². The van der Waals surface area contributed by atoms with Crippen molar-refractivity contribution in [3.8, 4) is 0 Å². The number of anilines is 1. The highest BCUT2D eigenvalue weighted by Gasteiger charge is 2.07. The van der Waals surface area contributed by atoms with Crippen LogP contribution in [-0.2, 0) is 0 Å². The number of hydrogen-bond acceptors (Lipinski definition) is 3. The van der Waals surface area contributed by atoms with E-state index in [1.54, 1.807) is 11.3 Å². The molecule has 0 aromatic carbocycles. The summed E-state index contributed by atoms with van der Waals surface area (Å²) in [5.41, 5.74) is 7.59. The normalized spacial score (nSPS) is 10.8. The summed E-state index contributed by atoms with van der Waals surface area (Å²) in [5, 5.41) is 3.18. The maximum absolute atomic E-state index is 5.83. The summed E-state index contributed by atoms with van der Waals surface area (Å²) >= 11 is 4.97. The molecule has 2 heterocycles. The van der Waals surface area contributed by atoms with Crippen molar-refractivity contribution < 1.29 is 0 Å². The van der Waals surface area contributed by atoms with Gasteiger partial charge in [-0.2, -0.15) is 0 Å². The number of hydrogen-bond donors (Lipinski definition) is 1. The molecule has 0 unspecified atom stereocenters. The summed E-state index contributed by atoms with van der Waals surface area (Å²) in [5.74, 6) is 0. The van der Waals surface area contributed by atoms with Gasteiger partial charge in [-0.3, -0.25) is 0 Å². The smallest absolute Gasteiger partial charge is 0.130 e. The molecule has 4 heteroatoms. The van der Waals surface area contributed by atoms with Crippen molar-refractivity contribution in [3.05, 3.63) is 21.7 Å². The summed E-state index contributed by atoms with van der Waals surface area (Å²) in [6.45, 7) is 1.99. The van der Waals surface area contributed by atoms with Crippen LogP contribution in [0.5, 0.6) is 0 Å². The summed E-state index contributed by atoms with van der Waals surface area (Å²) < 4.78 is 1.87. The quantitative estimate of drug-likeness (QED) is 0.722. The van der Waals surface area contributed by atoms with Crippen LogP contribution >= 0.6 is 27.3 Å². The first-order valence-corrected chi connectivity index (χ1v) is 5.16. The lowest BCUT2D eigenvalue weighted by atomic mass is 10.2. The average molecular weight is 243 g/mol. The summed E-state index contributed by atoms with van der Waals surface area (Å²) in [6.07, 6.45) is 0. The lowest BCUT2D eigenvalue weighted by molar-refractivity contribution is 1.21. The Morgan fingerprint density at radius 2 is 2.33 bits per heavy atom. The van der Waals surface area contributed by atoms with Gasteiger partial charge in [0.25, 0.3) is 0 Å². The van der Waals surface area contributed by atoms with E-state index >= 15 is 0 Å². The van der Waals surface area contributed by atoms with Gasteiger partial charge < -0.3 is 5.73 Å². The third-order valence-corrected chi connectivity index (χ3v) is 3.34. The number of nitrogen functional groups attached to an aromatic ring is 1. The summed E-state index contributed by atoms with van der Waals surface area (Å²) in [6, 6.07) is 2.05. The highest BCUT2D eigenvalue weighted by Crippen LogP contribution is 2.32. The van der Waals surface area contributed by atoms with Crippen LogP contribution in [0.2, 0.25) is 0 Å². The summed E-state index contributed by atoms with van der Waals surface area (Å²) in [4.78, 5) is 4.27. The monoisotopic (exact) mass is 242 g/mol. The number of nitrogens with two attached hydrogens (primary N) is 1. The molecule has 0 bridgehead atoms. The van der Waals surface area contributed by atoms with Gasteiger partial charge >= 0.3 is 0 Å². The molecule has 0 saturated carbocycles. The van der Waals surface area contributed by atoms with Crippen molar-refractivity contribution in [2.75, 3.05) is 5.73 Å². The van der Waals surface area contributed by atoms with Crippen LogP contribution < -0.4 is 5.73 Å². The van der Waals surface area contributed by atoms with Gasteiger partial charge in [-0.05, 0) is 34.3 Å². The van der Waals surface area contributed by atoms with Gasteiger partial charge in [0.1, 0.15) is 4.60 Å². The first kappa shape index (κ1) is 8.01. The molecule has 2 aromatic rings. The second-order valence-electron chi connectivity index (χ2n) is 2.57. The van der Waals surface area contributed by atoms with Crippen LogP contribution in [0.15, 0.2) is 16.0 Å². The predicted molar refractivity (Wildman–Crippen MR) is 56.5 cm³/mol. The average Bonchev–Trinajstić information content (AvgIpc) is 2.48. The van der Waals surface area contributed by atoms with Gasteiger partial charge in [0.2, 0.25) is 0 Å². The Kier molecular flexibility index (Phi) is 1.81. The molecule has 62 valence electrons. The minimum absolute atomic E-state index is 0.741. The number of aryl methyl sites for hydroxylation is 1. The first-order chi connectivity index (χ1) is 5.70. The Hall–Kier alpha value is -0.610. The molecule has 2 N–H and O–H groups in total. The fraction of sp³-hybridized carbons (Fsp3) is 0.125. The van der Waals surface area contributed by atoms with Crippen molar-refractivity contribution in [2.24, 2.45) is 0 Å². The van der Waals surface area contributed by atoms with Crippen LogP contribution in [0.1, 0.15) is 5.69 Å². The van der Waals surface area contributed by atoms with E-state index in [1.807, 2.05) is 18.4 Å². The second-order valence-corrected chi connectivity index (χ2v) is 4.23. The molecule has 2 aromatic heterocycles. The van der Waals surface area contributed by atoms with Crippen molar-refractivity contribution in [1.29, 1.82) is 0 Å². The molecule has 0 aliphatic carbocycles. The molecule has 0 aliphatic rings. The third kappa shape index (κ3) is 1.03. The molecular weight excluding hydrogens is 236 g/mol. The van der Waals surface area contributed by atoms with E-state index in [-0.39, 0.29) is 0 Å². The number of aromatic nitrogens is 1. The van der Waals surface area contributed by atoms with E-state index in [1.165, 1.54) is 0 Å². The van der Waals surface area contributed by atoms with Crippen LogP contribution in [0.25, 0.3) is 10.1 Å². The number of halogens is 1. The molecule has 0 saturated heterocycles. The predicted octanol–water partition coefficient (Wildman–Crippen LogP) is 2.95. The van der Waals surface area contributed by atoms with Crippen LogP contribution in [0.4, 0.5) is 5.69 Å². The van der Waals surface area contributed by atoms with Crippen molar-refractivity contribution in [1.82, 2.24) is 4.98 Å². The van der Waals surface area contributed by atoms with Crippen molar-refractivity contribution >= 4 is 43.0 Å². The lowest BCUT2D eigenvalue weighted by Gasteiger charge is -2.01. The minimum atomic E-state index is 0.741. The molecule has 0 amide bonds. The standard InChI is InChI=1S/C8H7BrN2S/c1-4-5-2-3-12-7(5)6(10)8(9)11-4/h2-3H,10H2,1H3. The van der Waals surface area contributed by atoms with Crippen LogP contribution in [0, 0.1) is 6.92 Å². The van der Waals surface area contributed by atoms with E-state index in [0.717, 1.165) is 26.1 Å². The fourth-order valence-electron chi connectivity index (χ4n) is 1.16. The van der Waals surface area contributed by atoms with Gasteiger partial charge in [-0.1, -0.05) is 0 Å². The Bertz CT molecular complexity index is 436. The molecule has 0 aliphatic heterocycles. The Balaban J connectivity index is 2.97. The Morgan fingerprint density at radius 3 is 3.08 bits per heavy atom.